The first-order valence-corrected chi connectivity index (χ1v) is 12.3. The summed E-state index contributed by atoms with van der Waals surface area (Å²) >= 11 is 0. The Kier molecular flexibility index (Phi) is 7.85. The molecular weight excluding hydrogens is 368 g/mol. The average Bonchev–Trinajstić information content (AvgIpc) is 3.09. The van der Waals surface area contributed by atoms with Crippen LogP contribution in [0.4, 0.5) is 0 Å². The SMILES string of the molecule is C=C1CC[C@H](O)CC1=CC=C1CCC[C@@]2(C)C1CC[C@@H]2[C@H](C)/C=C/[C@H](C)C(C)CO. The Morgan fingerprint density at radius 2 is 1.87 bits per heavy atom. The molecule has 0 bridgehead atoms. The molecule has 3 rings (SSSR count). The van der Waals surface area contributed by atoms with E-state index in [0.29, 0.717) is 29.1 Å². The Balaban J connectivity index is 1.73. The van der Waals surface area contributed by atoms with Crippen molar-refractivity contribution < 1.29 is 10.2 Å². The van der Waals surface area contributed by atoms with Crippen LogP contribution in [0.3, 0.4) is 0 Å². The molecular formula is C28H44O2. The molecule has 0 aromatic heterocycles. The second-order valence-corrected chi connectivity index (χ2v) is 10.8. The van der Waals surface area contributed by atoms with Gasteiger partial charge in [-0.1, -0.05) is 69.7 Å². The standard InChI is InChI=1S/C28H44O2/c1-19(22(4)18-29)8-9-21(3)26-14-15-27-23(7-6-16-28(26,27)5)11-12-24-17-25(30)13-10-20(24)2/h8-9,11-12,19,21-22,25-27,29-30H,2,6-7,10,13-18H2,1,3-5H3/b9-8+,23-11?,24-12?/t19-,21+,22?,25-,26+,27?,28+/m0/s1. The summed E-state index contributed by atoms with van der Waals surface area (Å²) in [6, 6.07) is 0. The van der Waals surface area contributed by atoms with E-state index in [9.17, 15) is 10.2 Å². The van der Waals surface area contributed by atoms with E-state index >= 15 is 0 Å². The number of hydrogen-bond donors (Lipinski definition) is 2. The molecule has 2 nitrogen and oxygen atoms in total. The van der Waals surface area contributed by atoms with Crippen LogP contribution in [0.5, 0.6) is 0 Å². The summed E-state index contributed by atoms with van der Waals surface area (Å²) in [5.41, 5.74) is 4.49. The Morgan fingerprint density at radius 1 is 1.10 bits per heavy atom. The van der Waals surface area contributed by atoms with E-state index in [1.807, 2.05) is 0 Å². The molecule has 3 saturated carbocycles. The summed E-state index contributed by atoms with van der Waals surface area (Å²) in [7, 11) is 0. The minimum absolute atomic E-state index is 0.198. The maximum absolute atomic E-state index is 10.0. The number of allylic oxidation sites excluding steroid dienone is 6. The summed E-state index contributed by atoms with van der Waals surface area (Å²) in [6.07, 6.45) is 18.3. The van der Waals surface area contributed by atoms with Gasteiger partial charge in [0.1, 0.15) is 0 Å². The van der Waals surface area contributed by atoms with Crippen LogP contribution in [0, 0.1) is 35.0 Å². The van der Waals surface area contributed by atoms with Gasteiger partial charge in [-0.25, -0.2) is 0 Å². The third-order valence-corrected chi connectivity index (χ3v) is 8.76. The van der Waals surface area contributed by atoms with E-state index in [1.54, 1.807) is 5.57 Å². The highest BCUT2D eigenvalue weighted by Gasteiger charge is 2.50. The van der Waals surface area contributed by atoms with Gasteiger partial charge in [0.2, 0.25) is 0 Å². The Hall–Kier alpha value is -1.12. The average molecular weight is 413 g/mol. The van der Waals surface area contributed by atoms with E-state index in [2.05, 4.69) is 58.6 Å². The molecule has 0 aromatic carbocycles. The van der Waals surface area contributed by atoms with Crippen molar-refractivity contribution >= 4 is 0 Å². The number of fused-ring (bicyclic) bond motifs is 1. The van der Waals surface area contributed by atoms with Gasteiger partial charge in [0.05, 0.1) is 6.10 Å². The summed E-state index contributed by atoms with van der Waals surface area (Å²) in [4.78, 5) is 0. The number of aliphatic hydroxyl groups is 2. The van der Waals surface area contributed by atoms with Crippen molar-refractivity contribution in [3.05, 3.63) is 47.6 Å². The van der Waals surface area contributed by atoms with Crippen molar-refractivity contribution in [2.24, 2.45) is 35.0 Å². The largest absolute Gasteiger partial charge is 0.396 e. The molecule has 3 aliphatic rings. The Morgan fingerprint density at radius 3 is 2.60 bits per heavy atom. The second-order valence-electron chi connectivity index (χ2n) is 10.8. The van der Waals surface area contributed by atoms with Crippen molar-refractivity contribution in [2.45, 2.75) is 85.2 Å². The lowest BCUT2D eigenvalue weighted by Gasteiger charge is -2.44. The van der Waals surface area contributed by atoms with Gasteiger partial charge in [0.25, 0.3) is 0 Å². The highest BCUT2D eigenvalue weighted by molar-refractivity contribution is 5.36. The number of hydrogen-bond acceptors (Lipinski definition) is 2. The molecule has 2 heteroatoms. The third kappa shape index (κ3) is 5.02. The van der Waals surface area contributed by atoms with Crippen LogP contribution in [-0.2, 0) is 0 Å². The molecule has 0 amide bonds. The summed E-state index contributed by atoms with van der Waals surface area (Å²) < 4.78 is 0. The van der Waals surface area contributed by atoms with Crippen LogP contribution in [0.15, 0.2) is 47.6 Å². The smallest absolute Gasteiger partial charge is 0.0583 e. The monoisotopic (exact) mass is 412 g/mol. The van der Waals surface area contributed by atoms with Gasteiger partial charge in [-0.15, -0.1) is 0 Å². The fraction of sp³-hybridized carbons (Fsp3) is 0.714. The summed E-state index contributed by atoms with van der Waals surface area (Å²) in [5.74, 6) is 2.76. The molecule has 0 heterocycles. The molecule has 0 aliphatic heterocycles. The highest BCUT2D eigenvalue weighted by atomic mass is 16.3. The van der Waals surface area contributed by atoms with Crippen LogP contribution in [0.25, 0.3) is 0 Å². The highest BCUT2D eigenvalue weighted by Crippen LogP contribution is 2.59. The van der Waals surface area contributed by atoms with E-state index in [0.717, 1.165) is 25.2 Å². The fourth-order valence-electron chi connectivity index (χ4n) is 6.38. The van der Waals surface area contributed by atoms with Crippen molar-refractivity contribution in [2.75, 3.05) is 6.61 Å². The Labute approximate surface area is 184 Å². The van der Waals surface area contributed by atoms with Crippen LogP contribution in [0.2, 0.25) is 0 Å². The zero-order chi connectivity index (χ0) is 21.9. The summed E-state index contributed by atoms with van der Waals surface area (Å²) in [6.45, 7) is 13.8. The minimum Gasteiger partial charge on any atom is -0.396 e. The molecule has 0 saturated heterocycles. The molecule has 0 spiro atoms. The zero-order valence-electron chi connectivity index (χ0n) is 19.7. The lowest BCUT2D eigenvalue weighted by Crippen LogP contribution is -2.35. The molecule has 3 aliphatic carbocycles. The summed E-state index contributed by atoms with van der Waals surface area (Å²) in [5, 5.41) is 19.5. The number of rotatable bonds is 6. The van der Waals surface area contributed by atoms with Gasteiger partial charge >= 0.3 is 0 Å². The first kappa shape index (κ1) is 23.5. The lowest BCUT2D eigenvalue weighted by molar-refractivity contribution is 0.112. The van der Waals surface area contributed by atoms with Crippen molar-refractivity contribution in [1.82, 2.24) is 0 Å². The maximum atomic E-state index is 10.0. The van der Waals surface area contributed by atoms with Crippen LogP contribution in [0.1, 0.15) is 79.1 Å². The first-order valence-electron chi connectivity index (χ1n) is 12.3. The van der Waals surface area contributed by atoms with Crippen molar-refractivity contribution in [3.8, 4) is 0 Å². The van der Waals surface area contributed by atoms with Gasteiger partial charge in [0, 0.05) is 6.61 Å². The normalized spacial score (nSPS) is 38.2. The van der Waals surface area contributed by atoms with Gasteiger partial charge in [-0.05, 0) is 91.9 Å². The molecule has 2 unspecified atom stereocenters. The van der Waals surface area contributed by atoms with Gasteiger partial charge in [0.15, 0.2) is 0 Å². The maximum Gasteiger partial charge on any atom is 0.0583 e. The second kappa shape index (κ2) is 10.0. The number of aliphatic hydroxyl groups excluding tert-OH is 2. The van der Waals surface area contributed by atoms with Crippen LogP contribution >= 0.6 is 0 Å². The molecule has 7 atom stereocenters. The van der Waals surface area contributed by atoms with Gasteiger partial charge in [-0.3, -0.25) is 0 Å². The lowest BCUT2D eigenvalue weighted by atomic mass is 9.61. The fourth-order valence-corrected chi connectivity index (χ4v) is 6.38. The predicted molar refractivity (Wildman–Crippen MR) is 127 cm³/mol. The molecule has 3 fully saturated rings. The quantitative estimate of drug-likeness (QED) is 0.482. The van der Waals surface area contributed by atoms with Crippen LogP contribution < -0.4 is 0 Å². The van der Waals surface area contributed by atoms with Gasteiger partial charge < -0.3 is 10.2 Å². The van der Waals surface area contributed by atoms with E-state index in [-0.39, 0.29) is 12.7 Å². The molecule has 30 heavy (non-hydrogen) atoms. The van der Waals surface area contributed by atoms with E-state index < -0.39 is 0 Å². The van der Waals surface area contributed by atoms with E-state index in [1.165, 1.54) is 43.3 Å². The van der Waals surface area contributed by atoms with Gasteiger partial charge in [-0.2, -0.15) is 0 Å². The minimum atomic E-state index is -0.198. The first-order chi connectivity index (χ1) is 14.3. The zero-order valence-corrected chi connectivity index (χ0v) is 19.7. The predicted octanol–water partition coefficient (Wildman–Crippen LogP) is 6.61. The molecule has 0 radical (unpaired) electrons. The Bertz CT molecular complexity index is 699. The third-order valence-electron chi connectivity index (χ3n) is 8.76. The molecule has 0 aromatic rings. The van der Waals surface area contributed by atoms with Crippen molar-refractivity contribution in [3.63, 3.8) is 0 Å². The molecule has 168 valence electrons. The van der Waals surface area contributed by atoms with Crippen molar-refractivity contribution in [1.29, 1.82) is 0 Å². The molecule has 2 N–H and O–H groups in total. The topological polar surface area (TPSA) is 40.5 Å². The van der Waals surface area contributed by atoms with Crippen LogP contribution in [-0.4, -0.2) is 22.9 Å². The van der Waals surface area contributed by atoms with E-state index in [4.69, 9.17) is 0 Å².